The van der Waals surface area contributed by atoms with Crippen molar-refractivity contribution in [2.75, 3.05) is 18.4 Å². The molecule has 0 radical (unpaired) electrons. The predicted octanol–water partition coefficient (Wildman–Crippen LogP) is 3.51. The van der Waals surface area contributed by atoms with Crippen LogP contribution in [0.15, 0.2) is 59.0 Å². The van der Waals surface area contributed by atoms with E-state index in [1.54, 1.807) is 0 Å². The first-order valence-electron chi connectivity index (χ1n) is 7.75. The van der Waals surface area contributed by atoms with Gasteiger partial charge in [0.05, 0.1) is 0 Å². The van der Waals surface area contributed by atoms with E-state index in [0.717, 1.165) is 37.2 Å². The van der Waals surface area contributed by atoms with Crippen LogP contribution >= 0.6 is 0 Å². The van der Waals surface area contributed by atoms with Gasteiger partial charge in [0, 0.05) is 25.7 Å². The number of nitrogens with one attached hydrogen (secondary N) is 1. The van der Waals surface area contributed by atoms with Crippen molar-refractivity contribution in [3.63, 3.8) is 0 Å². The summed E-state index contributed by atoms with van der Waals surface area (Å²) >= 11 is 0. The monoisotopic (exact) mass is 293 g/mol. The third kappa shape index (κ3) is 2.83. The van der Waals surface area contributed by atoms with Gasteiger partial charge in [0.25, 0.3) is 6.01 Å². The number of likely N-dealkylation sites (tertiary alicyclic amines) is 1. The zero-order chi connectivity index (χ0) is 14.8. The lowest BCUT2D eigenvalue weighted by Gasteiger charge is -2.16. The number of benzene rings is 2. The number of para-hydroxylation sites is 2. The summed E-state index contributed by atoms with van der Waals surface area (Å²) < 4.78 is 5.74. The highest BCUT2D eigenvalue weighted by Crippen LogP contribution is 2.21. The highest BCUT2D eigenvalue weighted by molar-refractivity contribution is 5.74. The largest absolute Gasteiger partial charge is 0.424 e. The number of rotatable bonds is 4. The van der Waals surface area contributed by atoms with Crippen LogP contribution in [0.3, 0.4) is 0 Å². The molecule has 1 N–H and O–H groups in total. The molecule has 1 atom stereocenters. The number of aromatic nitrogens is 1. The van der Waals surface area contributed by atoms with Gasteiger partial charge in [0.1, 0.15) is 5.52 Å². The Hall–Kier alpha value is -2.33. The smallest absolute Gasteiger partial charge is 0.295 e. The molecular weight excluding hydrogens is 274 g/mol. The molecule has 112 valence electrons. The standard InChI is InChI=1S/C18H19N3O/c1-2-6-14(7-3-1)12-21-11-10-15(13-21)19-18-20-16-8-4-5-9-17(16)22-18/h1-9,15H,10-13H2,(H,19,20). The van der Waals surface area contributed by atoms with Gasteiger partial charge in [0.2, 0.25) is 0 Å². The van der Waals surface area contributed by atoms with Crippen molar-refractivity contribution < 1.29 is 4.42 Å². The number of fused-ring (bicyclic) bond motifs is 1. The molecule has 1 aliphatic heterocycles. The van der Waals surface area contributed by atoms with E-state index in [0.29, 0.717) is 12.1 Å². The van der Waals surface area contributed by atoms with Crippen LogP contribution in [0.4, 0.5) is 6.01 Å². The van der Waals surface area contributed by atoms with Gasteiger partial charge in [0.15, 0.2) is 5.58 Å². The normalized spacial score (nSPS) is 18.8. The summed E-state index contributed by atoms with van der Waals surface area (Å²) in [7, 11) is 0. The molecule has 4 heteroatoms. The van der Waals surface area contributed by atoms with E-state index in [1.165, 1.54) is 5.56 Å². The van der Waals surface area contributed by atoms with Crippen LogP contribution in [0.1, 0.15) is 12.0 Å². The minimum absolute atomic E-state index is 0.400. The molecule has 4 nitrogen and oxygen atoms in total. The second kappa shape index (κ2) is 5.81. The number of nitrogens with zero attached hydrogens (tertiary/aromatic N) is 2. The number of oxazole rings is 1. The minimum Gasteiger partial charge on any atom is -0.424 e. The van der Waals surface area contributed by atoms with Gasteiger partial charge in [-0.3, -0.25) is 4.90 Å². The molecule has 3 aromatic rings. The maximum atomic E-state index is 5.74. The Balaban J connectivity index is 1.38. The SMILES string of the molecule is c1ccc(CN2CCC(Nc3nc4ccccc4o3)C2)cc1. The van der Waals surface area contributed by atoms with Crippen LogP contribution in [0.25, 0.3) is 11.1 Å². The molecule has 0 amide bonds. The molecule has 2 heterocycles. The van der Waals surface area contributed by atoms with Gasteiger partial charge < -0.3 is 9.73 Å². The lowest BCUT2D eigenvalue weighted by molar-refractivity contribution is 0.328. The molecule has 2 aromatic carbocycles. The number of hydrogen-bond acceptors (Lipinski definition) is 4. The van der Waals surface area contributed by atoms with Crippen molar-refractivity contribution in [1.29, 1.82) is 0 Å². The van der Waals surface area contributed by atoms with Crippen molar-refractivity contribution >= 4 is 17.1 Å². The summed E-state index contributed by atoms with van der Waals surface area (Å²) in [5.74, 6) is 0. The van der Waals surface area contributed by atoms with Crippen LogP contribution in [0.2, 0.25) is 0 Å². The molecule has 1 unspecified atom stereocenters. The molecule has 0 bridgehead atoms. The molecule has 1 aromatic heterocycles. The van der Waals surface area contributed by atoms with E-state index in [9.17, 15) is 0 Å². The first-order valence-corrected chi connectivity index (χ1v) is 7.75. The third-order valence-electron chi connectivity index (χ3n) is 4.14. The maximum Gasteiger partial charge on any atom is 0.295 e. The van der Waals surface area contributed by atoms with Crippen LogP contribution in [-0.4, -0.2) is 29.0 Å². The predicted molar refractivity (Wildman–Crippen MR) is 87.8 cm³/mol. The van der Waals surface area contributed by atoms with Gasteiger partial charge in [-0.2, -0.15) is 4.98 Å². The van der Waals surface area contributed by atoms with Crippen molar-refractivity contribution in [2.24, 2.45) is 0 Å². The Kier molecular flexibility index (Phi) is 3.52. The summed E-state index contributed by atoms with van der Waals surface area (Å²) in [6, 6.07) is 19.5. The molecule has 4 rings (SSSR count). The van der Waals surface area contributed by atoms with Gasteiger partial charge in [-0.15, -0.1) is 0 Å². The summed E-state index contributed by atoms with van der Waals surface area (Å²) in [5.41, 5.74) is 3.11. The third-order valence-corrected chi connectivity index (χ3v) is 4.14. The van der Waals surface area contributed by atoms with Crippen molar-refractivity contribution in [3.05, 3.63) is 60.2 Å². The minimum atomic E-state index is 0.400. The molecule has 0 saturated carbocycles. The van der Waals surface area contributed by atoms with Crippen LogP contribution in [0, 0.1) is 0 Å². The Morgan fingerprint density at radius 2 is 1.91 bits per heavy atom. The fourth-order valence-corrected chi connectivity index (χ4v) is 3.04. The second-order valence-electron chi connectivity index (χ2n) is 5.84. The lowest BCUT2D eigenvalue weighted by Crippen LogP contribution is -2.26. The fourth-order valence-electron chi connectivity index (χ4n) is 3.04. The molecular formula is C18H19N3O. The van der Waals surface area contributed by atoms with Crippen LogP contribution in [0.5, 0.6) is 0 Å². The Labute approximate surface area is 129 Å². The zero-order valence-electron chi connectivity index (χ0n) is 12.4. The van der Waals surface area contributed by atoms with Crippen LogP contribution < -0.4 is 5.32 Å². The Morgan fingerprint density at radius 1 is 1.09 bits per heavy atom. The van der Waals surface area contributed by atoms with E-state index < -0.39 is 0 Å². The zero-order valence-corrected chi connectivity index (χ0v) is 12.4. The summed E-state index contributed by atoms with van der Waals surface area (Å²) in [4.78, 5) is 6.96. The lowest BCUT2D eigenvalue weighted by atomic mass is 10.2. The number of anilines is 1. The van der Waals surface area contributed by atoms with E-state index >= 15 is 0 Å². The topological polar surface area (TPSA) is 41.3 Å². The van der Waals surface area contributed by atoms with Gasteiger partial charge in [-0.1, -0.05) is 42.5 Å². The summed E-state index contributed by atoms with van der Waals surface area (Å²) in [5, 5.41) is 3.43. The maximum absolute atomic E-state index is 5.74. The summed E-state index contributed by atoms with van der Waals surface area (Å²) in [6.45, 7) is 3.13. The Morgan fingerprint density at radius 3 is 2.77 bits per heavy atom. The fraction of sp³-hybridized carbons (Fsp3) is 0.278. The molecule has 1 aliphatic rings. The van der Waals surface area contributed by atoms with Crippen molar-refractivity contribution in [2.45, 2.75) is 19.0 Å². The second-order valence-corrected chi connectivity index (χ2v) is 5.84. The highest BCUT2D eigenvalue weighted by Gasteiger charge is 2.23. The van der Waals surface area contributed by atoms with Gasteiger partial charge >= 0.3 is 0 Å². The van der Waals surface area contributed by atoms with E-state index in [2.05, 4.69) is 45.5 Å². The highest BCUT2D eigenvalue weighted by atomic mass is 16.4. The number of hydrogen-bond donors (Lipinski definition) is 1. The van der Waals surface area contributed by atoms with Crippen LogP contribution in [-0.2, 0) is 6.54 Å². The van der Waals surface area contributed by atoms with Crippen molar-refractivity contribution in [3.8, 4) is 0 Å². The molecule has 0 aliphatic carbocycles. The molecule has 1 saturated heterocycles. The van der Waals surface area contributed by atoms with Crippen molar-refractivity contribution in [1.82, 2.24) is 9.88 Å². The average Bonchev–Trinajstić information content (AvgIpc) is 3.14. The molecule has 22 heavy (non-hydrogen) atoms. The molecule has 0 spiro atoms. The van der Waals surface area contributed by atoms with E-state index in [4.69, 9.17) is 4.42 Å². The molecule has 1 fully saturated rings. The van der Waals surface area contributed by atoms with E-state index in [1.807, 2.05) is 24.3 Å². The first-order chi connectivity index (χ1) is 10.9. The van der Waals surface area contributed by atoms with Gasteiger partial charge in [-0.25, -0.2) is 0 Å². The first kappa shape index (κ1) is 13.3. The quantitative estimate of drug-likeness (QED) is 0.799. The average molecular weight is 293 g/mol. The summed E-state index contributed by atoms with van der Waals surface area (Å²) in [6.07, 6.45) is 1.12. The van der Waals surface area contributed by atoms with Gasteiger partial charge in [-0.05, 0) is 24.1 Å². The Bertz CT molecular complexity index is 720. The van der Waals surface area contributed by atoms with E-state index in [-0.39, 0.29) is 0 Å².